The Morgan fingerprint density at radius 2 is 2.00 bits per heavy atom. The van der Waals surface area contributed by atoms with Crippen molar-refractivity contribution in [1.82, 2.24) is 19.9 Å². The van der Waals surface area contributed by atoms with Gasteiger partial charge in [0.25, 0.3) is 0 Å². The minimum absolute atomic E-state index is 0.808. The number of benzene rings is 2. The number of halogens is 1. The van der Waals surface area contributed by atoms with Crippen LogP contribution >= 0.6 is 15.9 Å². The lowest BCUT2D eigenvalue weighted by Gasteiger charge is -2.19. The SMILES string of the molecule is CCn1nnc2cc(CN(C)Cc3cc(Br)ccc3OC)ccc21. The second kappa shape index (κ2) is 7.32. The number of methoxy groups -OCH3 is 1. The predicted octanol–water partition coefficient (Wildman–Crippen LogP) is 3.85. The number of aromatic nitrogens is 3. The summed E-state index contributed by atoms with van der Waals surface area (Å²) in [6.07, 6.45) is 0. The minimum Gasteiger partial charge on any atom is -0.496 e. The van der Waals surface area contributed by atoms with Crippen LogP contribution in [0.25, 0.3) is 11.0 Å². The van der Waals surface area contributed by atoms with Gasteiger partial charge < -0.3 is 4.74 Å². The summed E-state index contributed by atoms with van der Waals surface area (Å²) in [5.41, 5.74) is 4.41. The van der Waals surface area contributed by atoms with E-state index in [1.54, 1.807) is 7.11 Å². The van der Waals surface area contributed by atoms with E-state index in [0.29, 0.717) is 0 Å². The highest BCUT2D eigenvalue weighted by Crippen LogP contribution is 2.24. The van der Waals surface area contributed by atoms with Crippen molar-refractivity contribution in [3.8, 4) is 5.75 Å². The highest BCUT2D eigenvalue weighted by atomic mass is 79.9. The average Bonchev–Trinajstić information content (AvgIpc) is 2.97. The van der Waals surface area contributed by atoms with Crippen molar-refractivity contribution >= 4 is 27.0 Å². The Bertz CT molecular complexity index is 846. The molecule has 0 saturated heterocycles. The molecule has 0 aliphatic heterocycles. The van der Waals surface area contributed by atoms with Gasteiger partial charge in [0, 0.05) is 29.7 Å². The summed E-state index contributed by atoms with van der Waals surface area (Å²) in [5.74, 6) is 0.909. The van der Waals surface area contributed by atoms with Gasteiger partial charge >= 0.3 is 0 Å². The van der Waals surface area contributed by atoms with Crippen molar-refractivity contribution in [3.05, 3.63) is 52.0 Å². The van der Waals surface area contributed by atoms with Gasteiger partial charge in [-0.3, -0.25) is 4.90 Å². The standard InChI is InChI=1S/C18H21BrN4O/c1-4-23-17-7-5-13(9-16(17)20-21-23)11-22(2)12-14-10-15(19)6-8-18(14)24-3/h5-10H,4,11-12H2,1-3H3. The largest absolute Gasteiger partial charge is 0.496 e. The molecule has 5 nitrogen and oxygen atoms in total. The fraction of sp³-hybridized carbons (Fsp3) is 0.333. The van der Waals surface area contributed by atoms with Crippen LogP contribution in [0.4, 0.5) is 0 Å². The van der Waals surface area contributed by atoms with Crippen LogP contribution in [-0.4, -0.2) is 34.1 Å². The van der Waals surface area contributed by atoms with Gasteiger partial charge in [0.15, 0.2) is 0 Å². The first-order valence-corrected chi connectivity index (χ1v) is 8.73. The third-order valence-corrected chi connectivity index (χ3v) is 4.51. The third kappa shape index (κ3) is 3.60. The molecule has 0 radical (unpaired) electrons. The van der Waals surface area contributed by atoms with Crippen LogP contribution in [0.15, 0.2) is 40.9 Å². The Balaban J connectivity index is 1.75. The molecule has 6 heteroatoms. The Morgan fingerprint density at radius 3 is 2.75 bits per heavy atom. The molecule has 0 N–H and O–H groups in total. The molecule has 126 valence electrons. The zero-order chi connectivity index (χ0) is 17.1. The molecule has 3 rings (SSSR count). The van der Waals surface area contributed by atoms with E-state index in [2.05, 4.69) is 69.4 Å². The van der Waals surface area contributed by atoms with Crippen LogP contribution < -0.4 is 4.74 Å². The summed E-state index contributed by atoms with van der Waals surface area (Å²) in [7, 11) is 3.81. The number of rotatable bonds is 6. The Hall–Kier alpha value is -1.92. The lowest BCUT2D eigenvalue weighted by atomic mass is 10.1. The second-order valence-electron chi connectivity index (χ2n) is 5.86. The van der Waals surface area contributed by atoms with Crippen molar-refractivity contribution in [2.24, 2.45) is 0 Å². The molecule has 0 amide bonds. The molecule has 0 aliphatic carbocycles. The quantitative estimate of drug-likeness (QED) is 0.642. The molecule has 24 heavy (non-hydrogen) atoms. The Kier molecular flexibility index (Phi) is 5.16. The van der Waals surface area contributed by atoms with Crippen molar-refractivity contribution in [3.63, 3.8) is 0 Å². The summed E-state index contributed by atoms with van der Waals surface area (Å²) in [6.45, 7) is 4.55. The number of hydrogen-bond donors (Lipinski definition) is 0. The molecular weight excluding hydrogens is 368 g/mol. The molecule has 1 aromatic heterocycles. The van der Waals surface area contributed by atoms with Gasteiger partial charge in [0.2, 0.25) is 0 Å². The average molecular weight is 389 g/mol. The highest BCUT2D eigenvalue weighted by Gasteiger charge is 2.09. The molecule has 0 spiro atoms. The van der Waals surface area contributed by atoms with E-state index in [1.165, 1.54) is 5.56 Å². The first-order chi connectivity index (χ1) is 11.6. The van der Waals surface area contributed by atoms with E-state index in [9.17, 15) is 0 Å². The van der Waals surface area contributed by atoms with E-state index in [-0.39, 0.29) is 0 Å². The van der Waals surface area contributed by atoms with Crippen molar-refractivity contribution in [2.45, 2.75) is 26.6 Å². The maximum atomic E-state index is 5.46. The molecule has 3 aromatic rings. The predicted molar refractivity (Wildman–Crippen MR) is 99.1 cm³/mol. The van der Waals surface area contributed by atoms with Crippen molar-refractivity contribution in [2.75, 3.05) is 14.2 Å². The molecule has 0 fully saturated rings. The third-order valence-electron chi connectivity index (χ3n) is 4.01. The topological polar surface area (TPSA) is 43.2 Å². The zero-order valence-electron chi connectivity index (χ0n) is 14.2. The first kappa shape index (κ1) is 16.9. The van der Waals surface area contributed by atoms with E-state index in [0.717, 1.165) is 46.5 Å². The summed E-state index contributed by atoms with van der Waals surface area (Å²) in [6, 6.07) is 12.4. The van der Waals surface area contributed by atoms with Gasteiger partial charge in [-0.2, -0.15) is 0 Å². The molecule has 1 heterocycles. The first-order valence-electron chi connectivity index (χ1n) is 7.93. The summed E-state index contributed by atoms with van der Waals surface area (Å²) in [4.78, 5) is 2.26. The van der Waals surface area contributed by atoms with Gasteiger partial charge in [-0.05, 0) is 49.9 Å². The van der Waals surface area contributed by atoms with Gasteiger partial charge in [-0.1, -0.05) is 27.2 Å². The monoisotopic (exact) mass is 388 g/mol. The van der Waals surface area contributed by atoms with Gasteiger partial charge in [0.1, 0.15) is 11.3 Å². The fourth-order valence-electron chi connectivity index (χ4n) is 2.88. The number of aryl methyl sites for hydroxylation is 1. The number of nitrogens with zero attached hydrogens (tertiary/aromatic N) is 4. The Labute approximate surface area is 150 Å². The van der Waals surface area contributed by atoms with Crippen LogP contribution in [0.1, 0.15) is 18.1 Å². The van der Waals surface area contributed by atoms with Crippen LogP contribution in [0.3, 0.4) is 0 Å². The van der Waals surface area contributed by atoms with Crippen molar-refractivity contribution in [1.29, 1.82) is 0 Å². The smallest absolute Gasteiger partial charge is 0.123 e. The molecule has 2 aromatic carbocycles. The van der Waals surface area contributed by atoms with Crippen LogP contribution in [0.2, 0.25) is 0 Å². The van der Waals surface area contributed by atoms with Crippen LogP contribution in [0.5, 0.6) is 5.75 Å². The van der Waals surface area contributed by atoms with Crippen molar-refractivity contribution < 1.29 is 4.74 Å². The maximum absolute atomic E-state index is 5.46. The molecule has 0 atom stereocenters. The second-order valence-corrected chi connectivity index (χ2v) is 6.77. The van der Waals surface area contributed by atoms with Gasteiger partial charge in [0.05, 0.1) is 12.6 Å². The van der Waals surface area contributed by atoms with Crippen LogP contribution in [0, 0.1) is 0 Å². The number of ether oxygens (including phenoxy) is 1. The zero-order valence-corrected chi connectivity index (χ0v) is 15.7. The van der Waals surface area contributed by atoms with Gasteiger partial charge in [-0.25, -0.2) is 4.68 Å². The lowest BCUT2D eigenvalue weighted by Crippen LogP contribution is -2.17. The highest BCUT2D eigenvalue weighted by molar-refractivity contribution is 9.10. The Morgan fingerprint density at radius 1 is 1.17 bits per heavy atom. The van der Waals surface area contributed by atoms with Gasteiger partial charge in [-0.15, -0.1) is 5.10 Å². The molecule has 0 saturated carbocycles. The summed E-state index contributed by atoms with van der Waals surface area (Å²) < 4.78 is 8.43. The van der Waals surface area contributed by atoms with E-state index in [1.807, 2.05) is 16.8 Å². The van der Waals surface area contributed by atoms with E-state index < -0.39 is 0 Å². The lowest BCUT2D eigenvalue weighted by molar-refractivity contribution is 0.310. The number of hydrogen-bond acceptors (Lipinski definition) is 4. The molecular formula is C18H21BrN4O. The van der Waals surface area contributed by atoms with Crippen LogP contribution in [-0.2, 0) is 19.6 Å². The normalized spacial score (nSPS) is 11.4. The number of fused-ring (bicyclic) bond motifs is 1. The summed E-state index contributed by atoms with van der Waals surface area (Å²) in [5, 5.41) is 8.41. The minimum atomic E-state index is 0.808. The molecule has 0 bridgehead atoms. The van der Waals surface area contributed by atoms with E-state index >= 15 is 0 Å². The fourth-order valence-corrected chi connectivity index (χ4v) is 3.29. The molecule has 0 unspecified atom stereocenters. The maximum Gasteiger partial charge on any atom is 0.123 e. The summed E-state index contributed by atoms with van der Waals surface area (Å²) >= 11 is 3.53. The van der Waals surface area contributed by atoms with E-state index in [4.69, 9.17) is 4.74 Å². The molecule has 0 aliphatic rings.